The van der Waals surface area contributed by atoms with Crippen LogP contribution in [-0.4, -0.2) is 37.1 Å². The highest BCUT2D eigenvalue weighted by Crippen LogP contribution is 2.08. The average molecular weight is 424 g/mol. The number of ether oxygens (including phenoxy) is 1. The van der Waals surface area contributed by atoms with Crippen LogP contribution in [0.1, 0.15) is 31.2 Å². The largest absolute Gasteiger partial charge is 0.469 e. The van der Waals surface area contributed by atoms with Crippen LogP contribution in [0.25, 0.3) is 0 Å². The summed E-state index contributed by atoms with van der Waals surface area (Å²) in [5.74, 6) is 1.49. The Morgan fingerprint density at radius 3 is 2.59 bits per heavy atom. The molecule has 0 spiro atoms. The van der Waals surface area contributed by atoms with E-state index in [-0.39, 0.29) is 35.9 Å². The normalized spacial score (nSPS) is 12.3. The molecular formula is C14H25IN4O3. The lowest BCUT2D eigenvalue weighted by molar-refractivity contribution is -0.144. The molecule has 1 unspecified atom stereocenters. The Labute approximate surface area is 148 Å². The number of hydrogen-bond donors (Lipinski definition) is 2. The van der Waals surface area contributed by atoms with Crippen LogP contribution in [0.4, 0.5) is 0 Å². The summed E-state index contributed by atoms with van der Waals surface area (Å²) in [6, 6.07) is 0. The van der Waals surface area contributed by atoms with Crippen LogP contribution in [0.2, 0.25) is 0 Å². The fourth-order valence-electron chi connectivity index (χ4n) is 1.63. The van der Waals surface area contributed by atoms with Gasteiger partial charge in [0.2, 0.25) is 5.89 Å². The molecule has 126 valence electrons. The number of rotatable bonds is 6. The third-order valence-corrected chi connectivity index (χ3v) is 2.97. The Hall–Kier alpha value is -1.32. The third-order valence-electron chi connectivity index (χ3n) is 2.97. The molecule has 1 aromatic heterocycles. The molecule has 1 aromatic rings. The molecule has 0 saturated heterocycles. The van der Waals surface area contributed by atoms with Gasteiger partial charge in [0.1, 0.15) is 12.3 Å². The van der Waals surface area contributed by atoms with Gasteiger partial charge in [-0.25, -0.2) is 9.98 Å². The summed E-state index contributed by atoms with van der Waals surface area (Å²) in [4.78, 5) is 20.0. The second kappa shape index (κ2) is 10.4. The highest BCUT2D eigenvalue weighted by atomic mass is 127. The minimum atomic E-state index is -0.253. The van der Waals surface area contributed by atoms with Gasteiger partial charge in [0.05, 0.1) is 18.7 Å². The number of guanidine groups is 1. The Balaban J connectivity index is 0.00000441. The molecule has 0 amide bonds. The quantitative estimate of drug-likeness (QED) is 0.313. The van der Waals surface area contributed by atoms with E-state index in [1.807, 2.05) is 20.8 Å². The molecule has 0 fully saturated rings. The molecule has 7 nitrogen and oxygen atoms in total. The SMILES string of the molecule is CCNC(=NCc1nc(C)c(C)o1)NCC(C)C(=O)OC.I. The van der Waals surface area contributed by atoms with Crippen LogP contribution < -0.4 is 10.6 Å². The van der Waals surface area contributed by atoms with Gasteiger partial charge in [0.15, 0.2) is 5.96 Å². The van der Waals surface area contributed by atoms with Crippen molar-refractivity contribution in [3.63, 3.8) is 0 Å². The monoisotopic (exact) mass is 424 g/mol. The van der Waals surface area contributed by atoms with Crippen LogP contribution in [-0.2, 0) is 16.1 Å². The van der Waals surface area contributed by atoms with Crippen LogP contribution in [0, 0.1) is 19.8 Å². The lowest BCUT2D eigenvalue weighted by Crippen LogP contribution is -2.40. The standard InChI is InChI=1S/C14H24N4O3.HI/c1-6-15-14(16-7-9(2)13(19)20-5)17-8-12-18-10(3)11(4)21-12;/h9H,6-8H2,1-5H3,(H2,15,16,17);1H. The van der Waals surface area contributed by atoms with Gasteiger partial charge in [-0.1, -0.05) is 6.92 Å². The number of esters is 1. The summed E-state index contributed by atoms with van der Waals surface area (Å²) in [5.41, 5.74) is 0.873. The van der Waals surface area contributed by atoms with Crippen molar-refractivity contribution in [3.05, 3.63) is 17.3 Å². The van der Waals surface area contributed by atoms with Crippen molar-refractivity contribution >= 4 is 35.9 Å². The molecule has 0 bridgehead atoms. The van der Waals surface area contributed by atoms with Crippen molar-refractivity contribution in [2.24, 2.45) is 10.9 Å². The van der Waals surface area contributed by atoms with Crippen molar-refractivity contribution in [2.45, 2.75) is 34.2 Å². The molecule has 2 N–H and O–H groups in total. The first kappa shape index (κ1) is 20.7. The molecule has 8 heteroatoms. The zero-order valence-electron chi connectivity index (χ0n) is 13.7. The summed E-state index contributed by atoms with van der Waals surface area (Å²) in [6.45, 7) is 9.05. The first-order valence-corrected chi connectivity index (χ1v) is 7.00. The Morgan fingerprint density at radius 1 is 1.41 bits per heavy atom. The van der Waals surface area contributed by atoms with Crippen LogP contribution in [0.3, 0.4) is 0 Å². The number of carbonyl (C=O) groups is 1. The van der Waals surface area contributed by atoms with Crippen LogP contribution in [0.15, 0.2) is 9.41 Å². The molecule has 1 rings (SSSR count). The van der Waals surface area contributed by atoms with E-state index in [1.165, 1.54) is 7.11 Å². The van der Waals surface area contributed by atoms with E-state index in [4.69, 9.17) is 4.42 Å². The number of halogens is 1. The number of nitrogens with one attached hydrogen (secondary N) is 2. The molecule has 0 aromatic carbocycles. The number of methoxy groups -OCH3 is 1. The van der Waals surface area contributed by atoms with Crippen molar-refractivity contribution in [3.8, 4) is 0 Å². The summed E-state index contributed by atoms with van der Waals surface area (Å²) in [7, 11) is 1.38. The molecular weight excluding hydrogens is 399 g/mol. The minimum absolute atomic E-state index is 0. The summed E-state index contributed by atoms with van der Waals surface area (Å²) in [6.07, 6.45) is 0. The third kappa shape index (κ3) is 6.63. The topological polar surface area (TPSA) is 88.8 Å². The van der Waals surface area contributed by atoms with Crippen molar-refractivity contribution < 1.29 is 13.9 Å². The maximum absolute atomic E-state index is 11.4. The second-order valence-electron chi connectivity index (χ2n) is 4.75. The molecule has 0 aliphatic heterocycles. The fraction of sp³-hybridized carbons (Fsp3) is 0.643. The molecule has 1 heterocycles. The van der Waals surface area contributed by atoms with Gasteiger partial charge in [-0.2, -0.15) is 0 Å². The molecule has 0 saturated carbocycles. The smallest absolute Gasteiger partial charge is 0.310 e. The van der Waals surface area contributed by atoms with Gasteiger partial charge in [0.25, 0.3) is 0 Å². The number of aliphatic imine (C=N–C) groups is 1. The van der Waals surface area contributed by atoms with Gasteiger partial charge < -0.3 is 19.8 Å². The van der Waals surface area contributed by atoms with Gasteiger partial charge in [-0.3, -0.25) is 4.79 Å². The van der Waals surface area contributed by atoms with Crippen molar-refractivity contribution in [1.82, 2.24) is 15.6 Å². The van der Waals surface area contributed by atoms with Crippen LogP contribution >= 0.6 is 24.0 Å². The van der Waals surface area contributed by atoms with E-state index in [2.05, 4.69) is 25.3 Å². The highest BCUT2D eigenvalue weighted by molar-refractivity contribution is 14.0. The highest BCUT2D eigenvalue weighted by Gasteiger charge is 2.13. The van der Waals surface area contributed by atoms with E-state index >= 15 is 0 Å². The van der Waals surface area contributed by atoms with Gasteiger partial charge in [-0.15, -0.1) is 24.0 Å². The van der Waals surface area contributed by atoms with E-state index < -0.39 is 0 Å². The molecule has 22 heavy (non-hydrogen) atoms. The molecule has 0 aliphatic carbocycles. The summed E-state index contributed by atoms with van der Waals surface area (Å²) in [5, 5.41) is 6.20. The number of nitrogens with zero attached hydrogens (tertiary/aromatic N) is 2. The van der Waals surface area contributed by atoms with E-state index in [9.17, 15) is 4.79 Å². The maximum atomic E-state index is 11.4. The lowest BCUT2D eigenvalue weighted by atomic mass is 10.2. The fourth-order valence-corrected chi connectivity index (χ4v) is 1.63. The average Bonchev–Trinajstić information content (AvgIpc) is 2.79. The number of oxazole rings is 1. The van der Waals surface area contributed by atoms with Crippen molar-refractivity contribution in [1.29, 1.82) is 0 Å². The van der Waals surface area contributed by atoms with E-state index in [0.29, 0.717) is 24.9 Å². The van der Waals surface area contributed by atoms with Gasteiger partial charge in [0, 0.05) is 13.1 Å². The molecule has 1 atom stereocenters. The summed E-state index contributed by atoms with van der Waals surface area (Å²) < 4.78 is 10.2. The van der Waals surface area contributed by atoms with Gasteiger partial charge in [-0.05, 0) is 20.8 Å². The zero-order chi connectivity index (χ0) is 15.8. The van der Waals surface area contributed by atoms with E-state index in [1.54, 1.807) is 6.92 Å². The predicted molar refractivity (Wildman–Crippen MR) is 95.4 cm³/mol. The van der Waals surface area contributed by atoms with Crippen LogP contribution in [0.5, 0.6) is 0 Å². The maximum Gasteiger partial charge on any atom is 0.310 e. The van der Waals surface area contributed by atoms with E-state index in [0.717, 1.165) is 18.0 Å². The number of aryl methyl sites for hydroxylation is 2. The predicted octanol–water partition coefficient (Wildman–Crippen LogP) is 1.77. The van der Waals surface area contributed by atoms with Crippen molar-refractivity contribution in [2.75, 3.05) is 20.2 Å². The molecule has 0 aliphatic rings. The first-order valence-electron chi connectivity index (χ1n) is 7.00. The minimum Gasteiger partial charge on any atom is -0.469 e. The summed E-state index contributed by atoms with van der Waals surface area (Å²) >= 11 is 0. The molecule has 0 radical (unpaired) electrons. The Morgan fingerprint density at radius 2 is 2.09 bits per heavy atom. The Kier molecular flexibility index (Phi) is 9.79. The second-order valence-corrected chi connectivity index (χ2v) is 4.75. The van der Waals surface area contributed by atoms with Gasteiger partial charge >= 0.3 is 5.97 Å². The number of carbonyl (C=O) groups excluding carboxylic acids is 1. The first-order chi connectivity index (χ1) is 9.97. The number of aromatic nitrogens is 1. The Bertz CT molecular complexity index is 483. The zero-order valence-corrected chi connectivity index (χ0v) is 16.1. The lowest BCUT2D eigenvalue weighted by Gasteiger charge is -2.14. The number of hydrogen-bond acceptors (Lipinski definition) is 5.